The number of hydrogen-bond donors (Lipinski definition) is 1. The number of rotatable bonds is 6. The number of benzene rings is 1. The number of para-hydroxylation sites is 1. The Bertz CT molecular complexity index is 411. The van der Waals surface area contributed by atoms with E-state index in [-0.39, 0.29) is 12.5 Å². The quantitative estimate of drug-likeness (QED) is 0.813. The van der Waals surface area contributed by atoms with E-state index in [1.807, 2.05) is 62.9 Å². The van der Waals surface area contributed by atoms with E-state index in [2.05, 4.69) is 0 Å². The SMILES string of the molecule is CCC(O)CN(CC(=O)OC(C)(C)C)c1ccccc1. The van der Waals surface area contributed by atoms with Crippen molar-refractivity contribution >= 4 is 11.7 Å². The topological polar surface area (TPSA) is 49.8 Å². The van der Waals surface area contributed by atoms with Gasteiger partial charge in [0.15, 0.2) is 0 Å². The maximum absolute atomic E-state index is 12.0. The van der Waals surface area contributed by atoms with Gasteiger partial charge in [-0.15, -0.1) is 0 Å². The summed E-state index contributed by atoms with van der Waals surface area (Å²) >= 11 is 0. The van der Waals surface area contributed by atoms with Crippen LogP contribution in [0.5, 0.6) is 0 Å². The molecule has 4 heteroatoms. The Morgan fingerprint density at radius 3 is 2.40 bits per heavy atom. The predicted molar refractivity (Wildman–Crippen MR) is 80.8 cm³/mol. The van der Waals surface area contributed by atoms with Crippen molar-refractivity contribution < 1.29 is 14.6 Å². The van der Waals surface area contributed by atoms with E-state index in [0.717, 1.165) is 5.69 Å². The van der Waals surface area contributed by atoms with Crippen molar-refractivity contribution in [2.75, 3.05) is 18.0 Å². The fraction of sp³-hybridized carbons (Fsp3) is 0.562. The van der Waals surface area contributed by atoms with Crippen molar-refractivity contribution in [2.45, 2.75) is 45.8 Å². The van der Waals surface area contributed by atoms with Gasteiger partial charge < -0.3 is 14.7 Å². The molecule has 0 amide bonds. The van der Waals surface area contributed by atoms with Crippen LogP contribution in [-0.2, 0) is 9.53 Å². The van der Waals surface area contributed by atoms with Gasteiger partial charge in [0, 0.05) is 12.2 Å². The van der Waals surface area contributed by atoms with Gasteiger partial charge in [-0.1, -0.05) is 25.1 Å². The zero-order valence-corrected chi connectivity index (χ0v) is 12.8. The van der Waals surface area contributed by atoms with E-state index < -0.39 is 11.7 Å². The Kier molecular flexibility index (Phi) is 6.02. The minimum absolute atomic E-state index is 0.137. The molecule has 1 aromatic rings. The Morgan fingerprint density at radius 1 is 1.30 bits per heavy atom. The number of aliphatic hydroxyl groups excluding tert-OH is 1. The van der Waals surface area contributed by atoms with Crippen LogP contribution in [0.4, 0.5) is 5.69 Å². The van der Waals surface area contributed by atoms with E-state index in [1.54, 1.807) is 0 Å². The third-order valence-electron chi connectivity index (χ3n) is 2.76. The van der Waals surface area contributed by atoms with Crippen molar-refractivity contribution in [3.05, 3.63) is 30.3 Å². The Morgan fingerprint density at radius 2 is 1.90 bits per heavy atom. The number of nitrogens with zero attached hydrogens (tertiary/aromatic N) is 1. The number of carbonyl (C=O) groups excluding carboxylic acids is 1. The first-order valence-corrected chi connectivity index (χ1v) is 7.01. The molecule has 20 heavy (non-hydrogen) atoms. The van der Waals surface area contributed by atoms with Crippen LogP contribution in [0.25, 0.3) is 0 Å². The average Bonchev–Trinajstić information content (AvgIpc) is 2.36. The molecule has 0 aromatic heterocycles. The zero-order chi connectivity index (χ0) is 15.2. The molecule has 0 aliphatic carbocycles. The number of anilines is 1. The summed E-state index contributed by atoms with van der Waals surface area (Å²) in [5, 5.41) is 9.84. The first kappa shape index (κ1) is 16.5. The van der Waals surface area contributed by atoms with Gasteiger partial charge in [-0.05, 0) is 39.3 Å². The van der Waals surface area contributed by atoms with Crippen LogP contribution in [0.1, 0.15) is 34.1 Å². The van der Waals surface area contributed by atoms with Crippen LogP contribution in [-0.4, -0.2) is 35.9 Å². The molecule has 1 atom stereocenters. The van der Waals surface area contributed by atoms with E-state index in [1.165, 1.54) is 0 Å². The second-order valence-corrected chi connectivity index (χ2v) is 5.86. The summed E-state index contributed by atoms with van der Waals surface area (Å²) < 4.78 is 5.34. The van der Waals surface area contributed by atoms with Gasteiger partial charge in [0.2, 0.25) is 0 Å². The molecule has 0 radical (unpaired) electrons. The van der Waals surface area contributed by atoms with Gasteiger partial charge in [0.1, 0.15) is 12.1 Å². The Labute approximate surface area is 121 Å². The number of carbonyl (C=O) groups is 1. The lowest BCUT2D eigenvalue weighted by Crippen LogP contribution is -2.39. The van der Waals surface area contributed by atoms with Crippen molar-refractivity contribution in [3.8, 4) is 0 Å². The van der Waals surface area contributed by atoms with Crippen molar-refractivity contribution in [1.82, 2.24) is 0 Å². The highest BCUT2D eigenvalue weighted by Gasteiger charge is 2.20. The number of hydrogen-bond acceptors (Lipinski definition) is 4. The molecule has 0 heterocycles. The molecule has 1 aromatic carbocycles. The number of aliphatic hydroxyl groups is 1. The normalized spacial score (nSPS) is 12.8. The third kappa shape index (κ3) is 6.06. The molecule has 1 rings (SSSR count). The molecule has 0 saturated heterocycles. The van der Waals surface area contributed by atoms with Crippen LogP contribution < -0.4 is 4.90 Å². The second-order valence-electron chi connectivity index (χ2n) is 5.86. The molecule has 0 bridgehead atoms. The summed E-state index contributed by atoms with van der Waals surface area (Å²) in [6, 6.07) is 9.59. The van der Waals surface area contributed by atoms with Gasteiger partial charge in [0.05, 0.1) is 6.10 Å². The Hall–Kier alpha value is -1.55. The van der Waals surface area contributed by atoms with E-state index >= 15 is 0 Å². The monoisotopic (exact) mass is 279 g/mol. The Balaban J connectivity index is 2.76. The van der Waals surface area contributed by atoms with Crippen LogP contribution in [0.3, 0.4) is 0 Å². The molecule has 1 N–H and O–H groups in total. The number of esters is 1. The van der Waals surface area contributed by atoms with Crippen molar-refractivity contribution in [1.29, 1.82) is 0 Å². The van der Waals surface area contributed by atoms with Crippen LogP contribution in [0, 0.1) is 0 Å². The highest BCUT2D eigenvalue weighted by molar-refractivity contribution is 5.76. The summed E-state index contributed by atoms with van der Waals surface area (Å²) in [7, 11) is 0. The van der Waals surface area contributed by atoms with Crippen LogP contribution in [0.15, 0.2) is 30.3 Å². The summed E-state index contributed by atoms with van der Waals surface area (Å²) in [5.41, 5.74) is 0.411. The molecular formula is C16H25NO3. The first-order valence-electron chi connectivity index (χ1n) is 7.01. The lowest BCUT2D eigenvalue weighted by molar-refractivity contribution is -0.153. The smallest absolute Gasteiger partial charge is 0.326 e. The third-order valence-corrected chi connectivity index (χ3v) is 2.76. The molecule has 0 spiro atoms. The minimum Gasteiger partial charge on any atom is -0.459 e. The average molecular weight is 279 g/mol. The molecule has 0 aliphatic rings. The molecule has 112 valence electrons. The van der Waals surface area contributed by atoms with Gasteiger partial charge in [-0.25, -0.2) is 0 Å². The molecular weight excluding hydrogens is 254 g/mol. The molecule has 0 fully saturated rings. The zero-order valence-electron chi connectivity index (χ0n) is 12.8. The van der Waals surface area contributed by atoms with Gasteiger partial charge >= 0.3 is 5.97 Å². The lowest BCUT2D eigenvalue weighted by Gasteiger charge is -2.28. The molecule has 1 unspecified atom stereocenters. The van der Waals surface area contributed by atoms with E-state index in [9.17, 15) is 9.90 Å². The fourth-order valence-corrected chi connectivity index (χ4v) is 1.81. The molecule has 4 nitrogen and oxygen atoms in total. The van der Waals surface area contributed by atoms with Gasteiger partial charge in [-0.2, -0.15) is 0 Å². The minimum atomic E-state index is -0.497. The van der Waals surface area contributed by atoms with Crippen LogP contribution >= 0.6 is 0 Å². The first-order chi connectivity index (χ1) is 9.31. The highest BCUT2D eigenvalue weighted by Crippen LogP contribution is 2.15. The molecule has 0 aliphatic heterocycles. The number of ether oxygens (including phenoxy) is 1. The largest absolute Gasteiger partial charge is 0.459 e. The maximum atomic E-state index is 12.0. The second kappa shape index (κ2) is 7.29. The summed E-state index contributed by atoms with van der Waals surface area (Å²) in [6.07, 6.45) is 0.190. The van der Waals surface area contributed by atoms with Gasteiger partial charge in [0.25, 0.3) is 0 Å². The predicted octanol–water partition coefficient (Wildman–Crippen LogP) is 2.61. The van der Waals surface area contributed by atoms with Crippen molar-refractivity contribution in [3.63, 3.8) is 0 Å². The fourth-order valence-electron chi connectivity index (χ4n) is 1.81. The van der Waals surface area contributed by atoms with Crippen LogP contribution in [0.2, 0.25) is 0 Å². The highest BCUT2D eigenvalue weighted by atomic mass is 16.6. The van der Waals surface area contributed by atoms with Gasteiger partial charge in [-0.3, -0.25) is 4.79 Å². The van der Waals surface area contributed by atoms with E-state index in [4.69, 9.17) is 4.74 Å². The standard InChI is InChI=1S/C16H25NO3/c1-5-14(18)11-17(13-9-7-6-8-10-13)12-15(19)20-16(2,3)4/h6-10,14,18H,5,11-12H2,1-4H3. The van der Waals surface area contributed by atoms with E-state index in [0.29, 0.717) is 13.0 Å². The molecule has 0 saturated carbocycles. The summed E-state index contributed by atoms with van der Waals surface area (Å²) in [4.78, 5) is 13.8. The lowest BCUT2D eigenvalue weighted by atomic mass is 10.2. The maximum Gasteiger partial charge on any atom is 0.326 e. The summed E-state index contributed by atoms with van der Waals surface area (Å²) in [6.45, 7) is 8.01. The summed E-state index contributed by atoms with van der Waals surface area (Å²) in [5.74, 6) is -0.287. The van der Waals surface area contributed by atoms with Crippen molar-refractivity contribution in [2.24, 2.45) is 0 Å².